The highest BCUT2D eigenvalue weighted by molar-refractivity contribution is 5.97. The number of aryl methyl sites for hydroxylation is 1. The van der Waals surface area contributed by atoms with Crippen molar-refractivity contribution >= 4 is 11.9 Å². The van der Waals surface area contributed by atoms with Crippen LogP contribution in [-0.2, 0) is 16.0 Å². The molecule has 0 bridgehead atoms. The molecule has 0 atom stereocenters. The maximum atomic E-state index is 11.9. The number of hydrogen-bond acceptors (Lipinski definition) is 3. The highest BCUT2D eigenvalue weighted by Gasteiger charge is 2.15. The Balaban J connectivity index is 2.60. The molecule has 3 heteroatoms. The SMILES string of the molecule is CCCCCC(=O)OC(=O)c1ccccc1CCC. The highest BCUT2D eigenvalue weighted by Crippen LogP contribution is 2.13. The van der Waals surface area contributed by atoms with E-state index in [1.54, 1.807) is 12.1 Å². The molecule has 0 unspecified atom stereocenters. The summed E-state index contributed by atoms with van der Waals surface area (Å²) in [6, 6.07) is 7.30. The second-order valence-corrected chi connectivity index (χ2v) is 4.63. The third-order valence-corrected chi connectivity index (χ3v) is 2.95. The normalized spacial score (nSPS) is 10.2. The smallest absolute Gasteiger partial charge is 0.346 e. The number of benzene rings is 1. The van der Waals surface area contributed by atoms with E-state index in [2.05, 4.69) is 13.8 Å². The van der Waals surface area contributed by atoms with Crippen LogP contribution >= 0.6 is 0 Å². The number of hydrogen-bond donors (Lipinski definition) is 0. The van der Waals surface area contributed by atoms with Crippen molar-refractivity contribution < 1.29 is 14.3 Å². The van der Waals surface area contributed by atoms with Crippen LogP contribution in [0.5, 0.6) is 0 Å². The topological polar surface area (TPSA) is 43.4 Å². The molecule has 0 heterocycles. The van der Waals surface area contributed by atoms with Gasteiger partial charge in [-0.3, -0.25) is 4.79 Å². The summed E-state index contributed by atoms with van der Waals surface area (Å²) < 4.78 is 4.89. The molecule has 3 nitrogen and oxygen atoms in total. The Bertz CT molecular complexity index is 424. The first kappa shape index (κ1) is 15.4. The molecule has 1 aromatic rings. The van der Waals surface area contributed by atoms with Crippen molar-refractivity contribution in [2.45, 2.75) is 52.4 Å². The van der Waals surface area contributed by atoms with Gasteiger partial charge in [-0.15, -0.1) is 0 Å². The Hall–Kier alpha value is -1.64. The van der Waals surface area contributed by atoms with Crippen LogP contribution in [-0.4, -0.2) is 11.9 Å². The summed E-state index contributed by atoms with van der Waals surface area (Å²) in [5, 5.41) is 0. The Morgan fingerprint density at radius 1 is 1.05 bits per heavy atom. The molecule has 0 saturated heterocycles. The summed E-state index contributed by atoms with van der Waals surface area (Å²) in [7, 11) is 0. The van der Waals surface area contributed by atoms with Crippen LogP contribution in [0.3, 0.4) is 0 Å². The predicted molar refractivity (Wildman–Crippen MR) is 75.0 cm³/mol. The molecule has 0 saturated carbocycles. The van der Waals surface area contributed by atoms with Gasteiger partial charge in [0.15, 0.2) is 0 Å². The Kier molecular flexibility index (Phi) is 6.86. The Morgan fingerprint density at radius 2 is 1.79 bits per heavy atom. The van der Waals surface area contributed by atoms with E-state index in [-0.39, 0.29) is 0 Å². The van der Waals surface area contributed by atoms with Crippen molar-refractivity contribution in [1.82, 2.24) is 0 Å². The lowest BCUT2D eigenvalue weighted by Crippen LogP contribution is -2.14. The first-order valence-electron chi connectivity index (χ1n) is 7.02. The largest absolute Gasteiger partial charge is 0.389 e. The molecule has 0 aromatic heterocycles. The van der Waals surface area contributed by atoms with Crippen molar-refractivity contribution in [3.8, 4) is 0 Å². The van der Waals surface area contributed by atoms with Gasteiger partial charge in [0.2, 0.25) is 0 Å². The van der Waals surface area contributed by atoms with Gasteiger partial charge in [-0.05, 0) is 24.5 Å². The summed E-state index contributed by atoms with van der Waals surface area (Å²) in [4.78, 5) is 23.5. The lowest BCUT2D eigenvalue weighted by molar-refractivity contribution is -0.138. The fourth-order valence-electron chi connectivity index (χ4n) is 1.94. The fourth-order valence-corrected chi connectivity index (χ4v) is 1.94. The molecular weight excluding hydrogens is 240 g/mol. The molecule has 1 aromatic carbocycles. The lowest BCUT2D eigenvalue weighted by atomic mass is 10.0. The average Bonchev–Trinajstić information content (AvgIpc) is 2.40. The van der Waals surface area contributed by atoms with E-state index in [9.17, 15) is 9.59 Å². The zero-order chi connectivity index (χ0) is 14.1. The lowest BCUT2D eigenvalue weighted by Gasteiger charge is -2.07. The first-order valence-corrected chi connectivity index (χ1v) is 7.02. The van der Waals surface area contributed by atoms with Gasteiger partial charge in [0.1, 0.15) is 0 Å². The predicted octanol–water partition coefficient (Wildman–Crippen LogP) is 3.90. The number of esters is 2. The number of carbonyl (C=O) groups is 2. The van der Waals surface area contributed by atoms with E-state index in [1.165, 1.54) is 0 Å². The van der Waals surface area contributed by atoms with Crippen molar-refractivity contribution in [2.75, 3.05) is 0 Å². The van der Waals surface area contributed by atoms with Crippen LogP contribution < -0.4 is 0 Å². The zero-order valence-electron chi connectivity index (χ0n) is 11.8. The van der Waals surface area contributed by atoms with E-state index in [0.29, 0.717) is 12.0 Å². The van der Waals surface area contributed by atoms with Crippen molar-refractivity contribution in [1.29, 1.82) is 0 Å². The van der Waals surface area contributed by atoms with Crippen molar-refractivity contribution in [3.05, 3.63) is 35.4 Å². The minimum absolute atomic E-state index is 0.315. The maximum Gasteiger partial charge on any atom is 0.346 e. The third-order valence-electron chi connectivity index (χ3n) is 2.95. The highest BCUT2D eigenvalue weighted by atomic mass is 16.6. The van der Waals surface area contributed by atoms with Gasteiger partial charge in [0.05, 0.1) is 5.56 Å². The van der Waals surface area contributed by atoms with Gasteiger partial charge in [-0.1, -0.05) is 51.3 Å². The van der Waals surface area contributed by atoms with E-state index < -0.39 is 11.9 Å². The van der Waals surface area contributed by atoms with Gasteiger partial charge in [-0.2, -0.15) is 0 Å². The molecule has 0 N–H and O–H groups in total. The number of ether oxygens (including phenoxy) is 1. The van der Waals surface area contributed by atoms with Gasteiger partial charge in [-0.25, -0.2) is 4.79 Å². The Labute approximate surface area is 115 Å². The minimum Gasteiger partial charge on any atom is -0.389 e. The molecule has 0 amide bonds. The van der Waals surface area contributed by atoms with Crippen LogP contribution in [0.25, 0.3) is 0 Å². The molecule has 0 aliphatic carbocycles. The number of rotatable bonds is 7. The standard InChI is InChI=1S/C16H22O3/c1-3-5-6-12-15(17)19-16(18)14-11-8-7-10-13(14)9-4-2/h7-8,10-11H,3-6,9,12H2,1-2H3. The van der Waals surface area contributed by atoms with Crippen molar-refractivity contribution in [2.24, 2.45) is 0 Å². The molecule has 0 aliphatic heterocycles. The van der Waals surface area contributed by atoms with E-state index in [1.807, 2.05) is 12.1 Å². The first-order chi connectivity index (χ1) is 9.19. The van der Waals surface area contributed by atoms with Gasteiger partial charge < -0.3 is 4.74 Å². The summed E-state index contributed by atoms with van der Waals surface area (Å²) in [5.74, 6) is -0.949. The molecule has 0 fully saturated rings. The van der Waals surface area contributed by atoms with Crippen LogP contribution in [0, 0.1) is 0 Å². The Morgan fingerprint density at radius 3 is 2.47 bits per heavy atom. The average molecular weight is 262 g/mol. The van der Waals surface area contributed by atoms with Crippen LogP contribution in [0.2, 0.25) is 0 Å². The van der Waals surface area contributed by atoms with Gasteiger partial charge in [0, 0.05) is 6.42 Å². The van der Waals surface area contributed by atoms with E-state index in [0.717, 1.165) is 37.7 Å². The molecular formula is C16H22O3. The van der Waals surface area contributed by atoms with Crippen LogP contribution in [0.15, 0.2) is 24.3 Å². The zero-order valence-corrected chi connectivity index (χ0v) is 11.8. The summed E-state index contributed by atoms with van der Waals surface area (Å²) >= 11 is 0. The van der Waals surface area contributed by atoms with Crippen LogP contribution in [0.1, 0.15) is 61.9 Å². The molecule has 0 radical (unpaired) electrons. The molecule has 1 rings (SSSR count). The monoisotopic (exact) mass is 262 g/mol. The fraction of sp³-hybridized carbons (Fsp3) is 0.500. The summed E-state index contributed by atoms with van der Waals surface area (Å²) in [5.41, 5.74) is 1.45. The summed E-state index contributed by atoms with van der Waals surface area (Å²) in [6.45, 7) is 4.12. The maximum absolute atomic E-state index is 11.9. The second-order valence-electron chi connectivity index (χ2n) is 4.63. The molecule has 0 aliphatic rings. The van der Waals surface area contributed by atoms with Gasteiger partial charge in [0.25, 0.3) is 0 Å². The molecule has 0 spiro atoms. The molecule has 19 heavy (non-hydrogen) atoms. The third kappa shape index (κ3) is 5.25. The van der Waals surface area contributed by atoms with E-state index >= 15 is 0 Å². The quantitative estimate of drug-likeness (QED) is 0.425. The number of unbranched alkanes of at least 4 members (excludes halogenated alkanes) is 2. The van der Waals surface area contributed by atoms with Gasteiger partial charge >= 0.3 is 11.9 Å². The number of carbonyl (C=O) groups excluding carboxylic acids is 2. The minimum atomic E-state index is -0.523. The van der Waals surface area contributed by atoms with E-state index in [4.69, 9.17) is 4.74 Å². The summed E-state index contributed by atoms with van der Waals surface area (Å²) in [6.07, 6.45) is 4.88. The van der Waals surface area contributed by atoms with Crippen LogP contribution in [0.4, 0.5) is 0 Å². The molecule has 104 valence electrons. The second kappa shape index (κ2) is 8.46. The van der Waals surface area contributed by atoms with Crippen molar-refractivity contribution in [3.63, 3.8) is 0 Å².